The first kappa shape index (κ1) is 12.2. The molecule has 0 atom stereocenters. The van der Waals surface area contributed by atoms with Crippen LogP contribution < -0.4 is 5.73 Å². The molecule has 0 saturated carbocycles. The van der Waals surface area contributed by atoms with Gasteiger partial charge in [0.1, 0.15) is 0 Å². The highest BCUT2D eigenvalue weighted by Crippen LogP contribution is 2.25. The maximum atomic E-state index is 6.07. The predicted octanol–water partition coefficient (Wildman–Crippen LogP) is 3.60. The number of nitrogens with zero attached hydrogens (tertiary/aromatic N) is 2. The van der Waals surface area contributed by atoms with Crippen LogP contribution in [-0.4, -0.2) is 9.55 Å². The van der Waals surface area contributed by atoms with Gasteiger partial charge in [-0.3, -0.25) is 0 Å². The van der Waals surface area contributed by atoms with E-state index in [0.717, 1.165) is 24.0 Å². The number of fused-ring (bicyclic) bond motifs is 1. The summed E-state index contributed by atoms with van der Waals surface area (Å²) in [6.45, 7) is 5.09. The first-order valence-electron chi connectivity index (χ1n) is 6.48. The lowest BCUT2D eigenvalue weighted by Crippen LogP contribution is -2.04. The van der Waals surface area contributed by atoms with Crippen LogP contribution in [0.2, 0.25) is 0 Å². The van der Waals surface area contributed by atoms with E-state index in [1.165, 1.54) is 15.3 Å². The molecule has 2 heterocycles. The SMILES string of the molecule is CCc1ccc(Cn2c(N)nc3cccc(C)c32)s1. The van der Waals surface area contributed by atoms with Crippen molar-refractivity contribution in [2.75, 3.05) is 5.73 Å². The van der Waals surface area contributed by atoms with Gasteiger partial charge >= 0.3 is 0 Å². The third-order valence-electron chi connectivity index (χ3n) is 3.38. The molecule has 0 aliphatic heterocycles. The van der Waals surface area contributed by atoms with Crippen LogP contribution in [0, 0.1) is 6.92 Å². The lowest BCUT2D eigenvalue weighted by Gasteiger charge is -2.06. The molecule has 3 aromatic rings. The zero-order chi connectivity index (χ0) is 13.4. The molecule has 0 unspecified atom stereocenters. The summed E-state index contributed by atoms with van der Waals surface area (Å²) in [7, 11) is 0. The number of nitrogen functional groups attached to an aromatic ring is 1. The third-order valence-corrected chi connectivity index (χ3v) is 4.59. The molecule has 2 aromatic heterocycles. The van der Waals surface area contributed by atoms with Crippen molar-refractivity contribution < 1.29 is 0 Å². The van der Waals surface area contributed by atoms with Crippen molar-refractivity contribution in [3.05, 3.63) is 45.6 Å². The molecular weight excluding hydrogens is 254 g/mol. The second kappa shape index (κ2) is 4.70. The maximum Gasteiger partial charge on any atom is 0.201 e. The molecule has 0 spiro atoms. The fraction of sp³-hybridized carbons (Fsp3) is 0.267. The standard InChI is InChI=1S/C15H17N3S/c1-3-11-7-8-12(19-11)9-18-14-10(2)5-4-6-13(14)17-15(18)16/h4-8H,3,9H2,1-2H3,(H2,16,17). The summed E-state index contributed by atoms with van der Waals surface area (Å²) < 4.78 is 2.11. The molecule has 0 aliphatic carbocycles. The smallest absolute Gasteiger partial charge is 0.201 e. The lowest BCUT2D eigenvalue weighted by atomic mass is 10.2. The quantitative estimate of drug-likeness (QED) is 0.791. The summed E-state index contributed by atoms with van der Waals surface area (Å²) >= 11 is 1.85. The molecule has 0 aliphatic rings. The van der Waals surface area contributed by atoms with Gasteiger partial charge in [0.15, 0.2) is 0 Å². The molecule has 2 N–H and O–H groups in total. The fourth-order valence-electron chi connectivity index (χ4n) is 2.40. The number of hydrogen-bond acceptors (Lipinski definition) is 3. The number of imidazole rings is 1. The van der Waals surface area contributed by atoms with Gasteiger partial charge in [-0.2, -0.15) is 0 Å². The van der Waals surface area contributed by atoms with Crippen molar-refractivity contribution in [3.8, 4) is 0 Å². The van der Waals surface area contributed by atoms with Crippen LogP contribution in [0.4, 0.5) is 5.95 Å². The number of thiophene rings is 1. The van der Waals surface area contributed by atoms with Gasteiger partial charge in [0.2, 0.25) is 5.95 Å². The van der Waals surface area contributed by atoms with Gasteiger partial charge < -0.3 is 10.3 Å². The first-order valence-corrected chi connectivity index (χ1v) is 7.29. The summed E-state index contributed by atoms with van der Waals surface area (Å²) in [5.41, 5.74) is 9.40. The largest absolute Gasteiger partial charge is 0.369 e. The Kier molecular flexibility index (Phi) is 3.03. The minimum atomic E-state index is 0.593. The van der Waals surface area contributed by atoms with Gasteiger partial charge in [0, 0.05) is 9.75 Å². The number of para-hydroxylation sites is 1. The van der Waals surface area contributed by atoms with E-state index in [2.05, 4.69) is 41.6 Å². The number of benzene rings is 1. The normalized spacial score (nSPS) is 11.3. The number of hydrogen-bond donors (Lipinski definition) is 1. The Morgan fingerprint density at radius 2 is 2.00 bits per heavy atom. The molecule has 3 nitrogen and oxygen atoms in total. The zero-order valence-electron chi connectivity index (χ0n) is 11.2. The average molecular weight is 271 g/mol. The Bertz CT molecular complexity index is 724. The van der Waals surface area contributed by atoms with Crippen molar-refractivity contribution in [1.82, 2.24) is 9.55 Å². The highest BCUT2D eigenvalue weighted by molar-refractivity contribution is 7.11. The van der Waals surface area contributed by atoms with Crippen LogP contribution in [-0.2, 0) is 13.0 Å². The Morgan fingerprint density at radius 1 is 1.21 bits per heavy atom. The molecule has 4 heteroatoms. The van der Waals surface area contributed by atoms with Crippen LogP contribution >= 0.6 is 11.3 Å². The molecule has 98 valence electrons. The van der Waals surface area contributed by atoms with E-state index in [4.69, 9.17) is 5.73 Å². The van der Waals surface area contributed by atoms with Crippen LogP contribution in [0.3, 0.4) is 0 Å². The Balaban J connectivity index is 2.07. The topological polar surface area (TPSA) is 43.8 Å². The molecular formula is C15H17N3S. The Hall–Kier alpha value is -1.81. The van der Waals surface area contributed by atoms with Crippen LogP contribution in [0.15, 0.2) is 30.3 Å². The van der Waals surface area contributed by atoms with Crippen molar-refractivity contribution >= 4 is 28.3 Å². The van der Waals surface area contributed by atoms with Crippen molar-refractivity contribution in [3.63, 3.8) is 0 Å². The van der Waals surface area contributed by atoms with E-state index in [9.17, 15) is 0 Å². The van der Waals surface area contributed by atoms with E-state index < -0.39 is 0 Å². The number of aryl methyl sites for hydroxylation is 2. The number of anilines is 1. The van der Waals surface area contributed by atoms with Gasteiger partial charge in [-0.15, -0.1) is 11.3 Å². The van der Waals surface area contributed by atoms with Gasteiger partial charge in [-0.05, 0) is 37.1 Å². The molecule has 0 amide bonds. The molecule has 19 heavy (non-hydrogen) atoms. The van der Waals surface area contributed by atoms with E-state index in [-0.39, 0.29) is 0 Å². The fourth-order valence-corrected chi connectivity index (χ4v) is 3.34. The summed E-state index contributed by atoms with van der Waals surface area (Å²) in [5.74, 6) is 0.593. The van der Waals surface area contributed by atoms with Crippen molar-refractivity contribution in [2.24, 2.45) is 0 Å². The summed E-state index contributed by atoms with van der Waals surface area (Å²) in [6, 6.07) is 10.5. The second-order valence-electron chi connectivity index (χ2n) is 4.72. The summed E-state index contributed by atoms with van der Waals surface area (Å²) in [5, 5.41) is 0. The predicted molar refractivity (Wildman–Crippen MR) is 81.7 cm³/mol. The molecule has 0 bridgehead atoms. The van der Waals surface area contributed by atoms with Gasteiger partial charge in [0.25, 0.3) is 0 Å². The zero-order valence-corrected chi connectivity index (χ0v) is 12.0. The summed E-state index contributed by atoms with van der Waals surface area (Å²) in [6.07, 6.45) is 1.09. The third kappa shape index (κ3) is 2.12. The minimum Gasteiger partial charge on any atom is -0.369 e. The van der Waals surface area contributed by atoms with Crippen LogP contribution in [0.1, 0.15) is 22.2 Å². The molecule has 0 fully saturated rings. The van der Waals surface area contributed by atoms with E-state index in [1.807, 2.05) is 23.5 Å². The highest BCUT2D eigenvalue weighted by Gasteiger charge is 2.11. The van der Waals surface area contributed by atoms with Gasteiger partial charge in [-0.25, -0.2) is 4.98 Å². The van der Waals surface area contributed by atoms with Crippen LogP contribution in [0.5, 0.6) is 0 Å². The number of nitrogens with two attached hydrogens (primary N) is 1. The monoisotopic (exact) mass is 271 g/mol. The van der Waals surface area contributed by atoms with E-state index in [1.54, 1.807) is 0 Å². The Morgan fingerprint density at radius 3 is 2.74 bits per heavy atom. The first-order chi connectivity index (χ1) is 9.19. The van der Waals surface area contributed by atoms with Gasteiger partial charge in [0.05, 0.1) is 17.6 Å². The van der Waals surface area contributed by atoms with E-state index >= 15 is 0 Å². The maximum absolute atomic E-state index is 6.07. The second-order valence-corrected chi connectivity index (χ2v) is 5.97. The molecule has 3 rings (SSSR count). The number of aromatic nitrogens is 2. The summed E-state index contributed by atoms with van der Waals surface area (Å²) in [4.78, 5) is 7.18. The van der Waals surface area contributed by atoms with Crippen LogP contribution in [0.25, 0.3) is 11.0 Å². The van der Waals surface area contributed by atoms with Crippen molar-refractivity contribution in [2.45, 2.75) is 26.8 Å². The van der Waals surface area contributed by atoms with Gasteiger partial charge in [-0.1, -0.05) is 19.1 Å². The van der Waals surface area contributed by atoms with Crippen molar-refractivity contribution in [1.29, 1.82) is 0 Å². The van der Waals surface area contributed by atoms with E-state index in [0.29, 0.717) is 5.95 Å². The highest BCUT2D eigenvalue weighted by atomic mass is 32.1. The minimum absolute atomic E-state index is 0.593. The molecule has 1 aromatic carbocycles. The molecule has 0 saturated heterocycles. The number of rotatable bonds is 3. The Labute approximate surface area is 116 Å². The lowest BCUT2D eigenvalue weighted by molar-refractivity contribution is 0.850. The molecule has 0 radical (unpaired) electrons. The average Bonchev–Trinajstić information content (AvgIpc) is 2.96.